The number of pyridine rings is 1. The Morgan fingerprint density at radius 2 is 1.83 bits per heavy atom. The van der Waals surface area contributed by atoms with Crippen LogP contribution in [-0.2, 0) is 0 Å². The molecule has 0 fully saturated rings. The molecule has 0 radical (unpaired) electrons. The Balaban J connectivity index is 1.96. The third-order valence-electron chi connectivity index (χ3n) is 3.41. The molecule has 0 spiro atoms. The van der Waals surface area contributed by atoms with Crippen LogP contribution in [0.3, 0.4) is 0 Å². The van der Waals surface area contributed by atoms with Gasteiger partial charge >= 0.3 is 0 Å². The number of nitrogens with one attached hydrogen (secondary N) is 1. The van der Waals surface area contributed by atoms with Crippen LogP contribution in [0.1, 0.15) is 10.4 Å². The molecule has 0 saturated heterocycles. The number of para-hydroxylation sites is 1. The first-order chi connectivity index (χ1) is 11.6. The average Bonchev–Trinajstić information content (AvgIpc) is 2.58. The van der Waals surface area contributed by atoms with E-state index in [0.717, 1.165) is 0 Å². The second kappa shape index (κ2) is 6.99. The molecule has 0 aliphatic carbocycles. The minimum atomic E-state index is -0.496. The maximum absolute atomic E-state index is 13.4. The van der Waals surface area contributed by atoms with Gasteiger partial charge in [-0.2, -0.15) is 0 Å². The van der Waals surface area contributed by atoms with E-state index >= 15 is 0 Å². The van der Waals surface area contributed by atoms with Crippen molar-refractivity contribution in [3.8, 4) is 11.1 Å². The van der Waals surface area contributed by atoms with Crippen LogP contribution in [-0.4, -0.2) is 10.9 Å². The number of hydrogen-bond donors (Lipinski definition) is 1. The Hall–Kier alpha value is -2.43. The van der Waals surface area contributed by atoms with Gasteiger partial charge in [0.1, 0.15) is 11.0 Å². The molecule has 1 amide bonds. The van der Waals surface area contributed by atoms with Crippen molar-refractivity contribution in [3.63, 3.8) is 0 Å². The van der Waals surface area contributed by atoms with E-state index in [4.69, 9.17) is 23.2 Å². The molecular formula is C18H11Cl2FN2O. The SMILES string of the molecule is O=C(Nc1ccccc1-c1ccc(F)c(Cl)c1)c1cccnc1Cl. The Labute approximate surface area is 148 Å². The van der Waals surface area contributed by atoms with Gasteiger partial charge in [-0.15, -0.1) is 0 Å². The van der Waals surface area contributed by atoms with Gasteiger partial charge in [-0.05, 0) is 35.9 Å². The summed E-state index contributed by atoms with van der Waals surface area (Å²) in [5.74, 6) is -0.877. The van der Waals surface area contributed by atoms with Crippen LogP contribution >= 0.6 is 23.2 Å². The summed E-state index contributed by atoms with van der Waals surface area (Å²) in [5, 5.41) is 2.94. The molecule has 1 aromatic heterocycles. The number of benzene rings is 2. The summed E-state index contributed by atoms with van der Waals surface area (Å²) in [6.45, 7) is 0. The Morgan fingerprint density at radius 3 is 2.58 bits per heavy atom. The summed E-state index contributed by atoms with van der Waals surface area (Å²) in [4.78, 5) is 16.3. The van der Waals surface area contributed by atoms with Crippen LogP contribution < -0.4 is 5.32 Å². The van der Waals surface area contributed by atoms with Crippen LogP contribution in [0.4, 0.5) is 10.1 Å². The van der Waals surface area contributed by atoms with Crippen molar-refractivity contribution >= 4 is 34.8 Å². The zero-order valence-electron chi connectivity index (χ0n) is 12.3. The van der Waals surface area contributed by atoms with Crippen molar-refractivity contribution in [1.82, 2.24) is 4.98 Å². The van der Waals surface area contributed by atoms with E-state index in [2.05, 4.69) is 10.3 Å². The lowest BCUT2D eigenvalue weighted by Crippen LogP contribution is -2.13. The van der Waals surface area contributed by atoms with Crippen molar-refractivity contribution in [2.75, 3.05) is 5.32 Å². The van der Waals surface area contributed by atoms with Crippen molar-refractivity contribution in [2.45, 2.75) is 0 Å². The first kappa shape index (κ1) is 16.4. The highest BCUT2D eigenvalue weighted by Gasteiger charge is 2.14. The zero-order chi connectivity index (χ0) is 17.1. The molecule has 120 valence electrons. The molecule has 1 N–H and O–H groups in total. The zero-order valence-corrected chi connectivity index (χ0v) is 13.8. The van der Waals surface area contributed by atoms with Crippen LogP contribution in [0.2, 0.25) is 10.2 Å². The fourth-order valence-electron chi connectivity index (χ4n) is 2.25. The highest BCUT2D eigenvalue weighted by Crippen LogP contribution is 2.31. The largest absolute Gasteiger partial charge is 0.321 e. The minimum Gasteiger partial charge on any atom is -0.321 e. The molecule has 3 rings (SSSR count). The van der Waals surface area contributed by atoms with E-state index in [1.165, 1.54) is 18.3 Å². The minimum absolute atomic E-state index is 0.0175. The molecule has 0 unspecified atom stereocenters. The fraction of sp³-hybridized carbons (Fsp3) is 0. The van der Waals surface area contributed by atoms with Gasteiger partial charge in [0.15, 0.2) is 0 Å². The molecule has 3 nitrogen and oxygen atoms in total. The van der Waals surface area contributed by atoms with Crippen molar-refractivity contribution in [3.05, 3.63) is 82.4 Å². The number of anilines is 1. The molecule has 6 heteroatoms. The molecule has 0 bridgehead atoms. The first-order valence-corrected chi connectivity index (χ1v) is 7.78. The predicted octanol–water partition coefficient (Wildman–Crippen LogP) is 5.45. The van der Waals surface area contributed by atoms with Crippen LogP contribution in [0.5, 0.6) is 0 Å². The molecule has 2 aromatic carbocycles. The molecule has 3 aromatic rings. The van der Waals surface area contributed by atoms with Gasteiger partial charge in [0.05, 0.1) is 10.6 Å². The van der Waals surface area contributed by atoms with E-state index in [9.17, 15) is 9.18 Å². The number of carbonyl (C=O) groups excluding carboxylic acids is 1. The quantitative estimate of drug-likeness (QED) is 0.631. The summed E-state index contributed by atoms with van der Waals surface area (Å²) in [6.07, 6.45) is 1.51. The molecule has 0 aliphatic heterocycles. The second-order valence-corrected chi connectivity index (χ2v) is 5.74. The third-order valence-corrected chi connectivity index (χ3v) is 4.00. The van der Waals surface area contributed by atoms with E-state index < -0.39 is 5.82 Å². The summed E-state index contributed by atoms with van der Waals surface area (Å²) in [7, 11) is 0. The highest BCUT2D eigenvalue weighted by atomic mass is 35.5. The Kier molecular flexibility index (Phi) is 4.79. The van der Waals surface area contributed by atoms with Gasteiger partial charge in [0.25, 0.3) is 5.91 Å². The summed E-state index contributed by atoms with van der Waals surface area (Å²) in [6, 6.07) is 14.8. The fourth-order valence-corrected chi connectivity index (χ4v) is 2.64. The number of nitrogens with zero attached hydrogens (tertiary/aromatic N) is 1. The van der Waals surface area contributed by atoms with Crippen LogP contribution in [0.25, 0.3) is 11.1 Å². The Morgan fingerprint density at radius 1 is 1.04 bits per heavy atom. The number of aromatic nitrogens is 1. The lowest BCUT2D eigenvalue weighted by atomic mass is 10.0. The molecule has 1 heterocycles. The maximum Gasteiger partial charge on any atom is 0.258 e. The van der Waals surface area contributed by atoms with Gasteiger partial charge < -0.3 is 5.32 Å². The lowest BCUT2D eigenvalue weighted by molar-refractivity contribution is 0.102. The first-order valence-electron chi connectivity index (χ1n) is 7.02. The standard InChI is InChI=1S/C18H11Cl2FN2O/c19-14-10-11(7-8-15(14)21)12-4-1-2-6-16(12)23-18(24)13-5-3-9-22-17(13)20/h1-10H,(H,23,24). The van der Waals surface area contributed by atoms with Gasteiger partial charge in [-0.25, -0.2) is 9.37 Å². The third kappa shape index (κ3) is 3.40. The van der Waals surface area contributed by atoms with Crippen molar-refractivity contribution in [2.24, 2.45) is 0 Å². The van der Waals surface area contributed by atoms with E-state index in [-0.39, 0.29) is 21.6 Å². The normalized spacial score (nSPS) is 10.5. The van der Waals surface area contributed by atoms with Crippen molar-refractivity contribution < 1.29 is 9.18 Å². The number of amides is 1. The molecule has 0 aliphatic rings. The molecule has 24 heavy (non-hydrogen) atoms. The summed E-state index contributed by atoms with van der Waals surface area (Å²) >= 11 is 11.8. The molecule has 0 atom stereocenters. The maximum atomic E-state index is 13.4. The highest BCUT2D eigenvalue weighted by molar-refractivity contribution is 6.33. The van der Waals surface area contributed by atoms with Gasteiger partial charge in [0.2, 0.25) is 0 Å². The summed E-state index contributed by atoms with van der Waals surface area (Å²) < 4.78 is 13.4. The van der Waals surface area contributed by atoms with Gasteiger partial charge in [-0.3, -0.25) is 4.79 Å². The number of halogens is 3. The molecule has 0 saturated carbocycles. The second-order valence-electron chi connectivity index (χ2n) is 4.97. The van der Waals surface area contributed by atoms with Crippen LogP contribution in [0.15, 0.2) is 60.8 Å². The monoisotopic (exact) mass is 360 g/mol. The van der Waals surface area contributed by atoms with E-state index in [0.29, 0.717) is 16.8 Å². The smallest absolute Gasteiger partial charge is 0.258 e. The number of hydrogen-bond acceptors (Lipinski definition) is 2. The van der Waals surface area contributed by atoms with Gasteiger partial charge in [-0.1, -0.05) is 47.5 Å². The predicted molar refractivity (Wildman–Crippen MR) is 94.0 cm³/mol. The Bertz CT molecular complexity index is 915. The van der Waals surface area contributed by atoms with E-state index in [1.807, 2.05) is 12.1 Å². The topological polar surface area (TPSA) is 42.0 Å². The van der Waals surface area contributed by atoms with Gasteiger partial charge in [0, 0.05) is 17.4 Å². The molecular weight excluding hydrogens is 350 g/mol. The van der Waals surface area contributed by atoms with E-state index in [1.54, 1.807) is 30.3 Å². The van der Waals surface area contributed by atoms with Crippen LogP contribution in [0, 0.1) is 5.82 Å². The lowest BCUT2D eigenvalue weighted by Gasteiger charge is -2.12. The number of rotatable bonds is 3. The summed E-state index contributed by atoms with van der Waals surface area (Å²) in [5.41, 5.74) is 2.23. The van der Waals surface area contributed by atoms with Crippen molar-refractivity contribution in [1.29, 1.82) is 0 Å². The average molecular weight is 361 g/mol. The number of carbonyl (C=O) groups is 1.